The summed E-state index contributed by atoms with van der Waals surface area (Å²) in [6, 6.07) is 0. The maximum absolute atomic E-state index is 5.92. The quantitative estimate of drug-likeness (QED) is 0.570. The minimum absolute atomic E-state index is 0.160. The first kappa shape index (κ1) is 10.6. The molecular formula is C8H16Cl2. The number of hydrogen-bond donors (Lipinski definition) is 0. The highest BCUT2D eigenvalue weighted by atomic mass is 35.5. The summed E-state index contributed by atoms with van der Waals surface area (Å²) in [7, 11) is 0. The van der Waals surface area contributed by atoms with Crippen molar-refractivity contribution in [2.24, 2.45) is 5.92 Å². The highest BCUT2D eigenvalue weighted by molar-refractivity contribution is 6.28. The second-order valence-electron chi connectivity index (χ2n) is 2.79. The van der Waals surface area contributed by atoms with Crippen LogP contribution in [-0.4, -0.2) is 11.3 Å². The van der Waals surface area contributed by atoms with Gasteiger partial charge in [0.05, 0.1) is 0 Å². The molecule has 0 spiro atoms. The van der Waals surface area contributed by atoms with Gasteiger partial charge in [-0.1, -0.05) is 26.7 Å². The molecule has 0 aliphatic heterocycles. The molecule has 0 aliphatic rings. The molecule has 0 nitrogen and oxygen atoms in total. The topological polar surface area (TPSA) is 0 Å². The fourth-order valence-corrected chi connectivity index (χ4v) is 1.29. The number of rotatable bonds is 5. The van der Waals surface area contributed by atoms with Crippen LogP contribution >= 0.6 is 23.2 Å². The SMILES string of the molecule is CCCCC(C)C(Cl)CCl. The number of unbranched alkanes of at least 4 members (excludes halogenated alkanes) is 1. The van der Waals surface area contributed by atoms with Crippen molar-refractivity contribution in [3.8, 4) is 0 Å². The fourth-order valence-electron chi connectivity index (χ4n) is 0.859. The van der Waals surface area contributed by atoms with Crippen LogP contribution in [0.2, 0.25) is 0 Å². The van der Waals surface area contributed by atoms with Crippen LogP contribution in [0, 0.1) is 5.92 Å². The van der Waals surface area contributed by atoms with Crippen molar-refractivity contribution in [1.29, 1.82) is 0 Å². The molecule has 0 amide bonds. The van der Waals surface area contributed by atoms with Gasteiger partial charge >= 0.3 is 0 Å². The molecule has 0 aromatic carbocycles. The summed E-state index contributed by atoms with van der Waals surface area (Å²) in [6.07, 6.45) is 3.72. The Balaban J connectivity index is 3.31. The summed E-state index contributed by atoms with van der Waals surface area (Å²) in [5, 5.41) is 0.160. The van der Waals surface area contributed by atoms with Crippen LogP contribution < -0.4 is 0 Å². The van der Waals surface area contributed by atoms with Crippen LogP contribution in [-0.2, 0) is 0 Å². The van der Waals surface area contributed by atoms with Gasteiger partial charge in [-0.15, -0.1) is 23.2 Å². The van der Waals surface area contributed by atoms with Crippen LogP contribution in [0.1, 0.15) is 33.1 Å². The second-order valence-corrected chi connectivity index (χ2v) is 3.66. The molecule has 0 bridgehead atoms. The van der Waals surface area contributed by atoms with Gasteiger partial charge in [0, 0.05) is 11.3 Å². The van der Waals surface area contributed by atoms with E-state index in [4.69, 9.17) is 23.2 Å². The molecule has 0 fully saturated rings. The predicted octanol–water partition coefficient (Wildman–Crippen LogP) is 3.66. The molecule has 0 aromatic heterocycles. The Morgan fingerprint density at radius 3 is 2.40 bits per heavy atom. The third-order valence-electron chi connectivity index (χ3n) is 1.78. The van der Waals surface area contributed by atoms with E-state index in [-0.39, 0.29) is 5.38 Å². The normalized spacial score (nSPS) is 16.8. The summed E-state index contributed by atoms with van der Waals surface area (Å²) in [6.45, 7) is 4.35. The summed E-state index contributed by atoms with van der Waals surface area (Å²) in [4.78, 5) is 0. The van der Waals surface area contributed by atoms with Crippen LogP contribution in [0.3, 0.4) is 0 Å². The molecule has 0 N–H and O–H groups in total. The van der Waals surface area contributed by atoms with E-state index in [1.54, 1.807) is 0 Å². The zero-order valence-electron chi connectivity index (χ0n) is 6.74. The Morgan fingerprint density at radius 2 is 2.00 bits per heavy atom. The Labute approximate surface area is 73.9 Å². The van der Waals surface area contributed by atoms with Crippen molar-refractivity contribution in [3.63, 3.8) is 0 Å². The summed E-state index contributed by atoms with van der Waals surface area (Å²) in [5.41, 5.74) is 0. The smallest absolute Gasteiger partial charge is 0.0497 e. The molecular weight excluding hydrogens is 167 g/mol. The van der Waals surface area contributed by atoms with Gasteiger partial charge in [0.1, 0.15) is 0 Å². The first-order chi connectivity index (χ1) is 4.72. The van der Waals surface area contributed by atoms with Gasteiger partial charge in [0.2, 0.25) is 0 Å². The average Bonchev–Trinajstić information content (AvgIpc) is 1.98. The highest BCUT2D eigenvalue weighted by Gasteiger charge is 2.11. The van der Waals surface area contributed by atoms with E-state index in [0.29, 0.717) is 11.8 Å². The molecule has 62 valence electrons. The summed E-state index contributed by atoms with van der Waals surface area (Å²) >= 11 is 11.5. The van der Waals surface area contributed by atoms with Crippen molar-refractivity contribution < 1.29 is 0 Å². The Hall–Kier alpha value is 0.580. The fraction of sp³-hybridized carbons (Fsp3) is 1.00. The standard InChI is InChI=1S/C8H16Cl2/c1-3-4-5-7(2)8(10)6-9/h7-8H,3-6H2,1-2H3. The molecule has 0 aliphatic carbocycles. The Morgan fingerprint density at radius 1 is 1.40 bits per heavy atom. The molecule has 0 heterocycles. The summed E-state index contributed by atoms with van der Waals surface area (Å²) in [5.74, 6) is 1.14. The third-order valence-corrected chi connectivity index (χ3v) is 2.85. The molecule has 2 atom stereocenters. The van der Waals surface area contributed by atoms with E-state index in [9.17, 15) is 0 Å². The van der Waals surface area contributed by atoms with E-state index >= 15 is 0 Å². The predicted molar refractivity (Wildman–Crippen MR) is 49.1 cm³/mol. The number of halogens is 2. The molecule has 0 rings (SSSR count). The van der Waals surface area contributed by atoms with E-state index in [1.807, 2.05) is 0 Å². The molecule has 0 saturated carbocycles. The van der Waals surface area contributed by atoms with Gasteiger partial charge in [0.25, 0.3) is 0 Å². The van der Waals surface area contributed by atoms with Crippen LogP contribution in [0.15, 0.2) is 0 Å². The van der Waals surface area contributed by atoms with E-state index < -0.39 is 0 Å². The zero-order chi connectivity index (χ0) is 7.98. The third kappa shape index (κ3) is 4.40. The Bertz CT molecular complexity index is 73.7. The molecule has 0 saturated heterocycles. The van der Waals surface area contributed by atoms with Gasteiger partial charge in [0.15, 0.2) is 0 Å². The molecule has 2 heteroatoms. The lowest BCUT2D eigenvalue weighted by Crippen LogP contribution is -2.12. The van der Waals surface area contributed by atoms with Gasteiger partial charge in [-0.3, -0.25) is 0 Å². The average molecular weight is 183 g/mol. The lowest BCUT2D eigenvalue weighted by molar-refractivity contribution is 0.500. The van der Waals surface area contributed by atoms with Crippen molar-refractivity contribution in [3.05, 3.63) is 0 Å². The lowest BCUT2D eigenvalue weighted by atomic mass is 10.0. The second kappa shape index (κ2) is 6.30. The van der Waals surface area contributed by atoms with Crippen LogP contribution in [0.25, 0.3) is 0 Å². The van der Waals surface area contributed by atoms with Gasteiger partial charge < -0.3 is 0 Å². The molecule has 10 heavy (non-hydrogen) atoms. The van der Waals surface area contributed by atoms with Crippen molar-refractivity contribution in [2.45, 2.75) is 38.5 Å². The van der Waals surface area contributed by atoms with Gasteiger partial charge in [-0.05, 0) is 12.3 Å². The van der Waals surface area contributed by atoms with E-state index in [1.165, 1.54) is 19.3 Å². The van der Waals surface area contributed by atoms with Gasteiger partial charge in [-0.25, -0.2) is 0 Å². The maximum atomic E-state index is 5.92. The first-order valence-electron chi connectivity index (χ1n) is 3.92. The van der Waals surface area contributed by atoms with Crippen molar-refractivity contribution >= 4 is 23.2 Å². The molecule has 0 aromatic rings. The number of alkyl halides is 2. The van der Waals surface area contributed by atoms with Crippen molar-refractivity contribution in [1.82, 2.24) is 0 Å². The van der Waals surface area contributed by atoms with E-state index in [0.717, 1.165) is 0 Å². The Kier molecular flexibility index (Phi) is 6.67. The zero-order valence-corrected chi connectivity index (χ0v) is 8.25. The van der Waals surface area contributed by atoms with E-state index in [2.05, 4.69) is 13.8 Å². The van der Waals surface area contributed by atoms with Crippen LogP contribution in [0.5, 0.6) is 0 Å². The number of hydrogen-bond acceptors (Lipinski definition) is 0. The minimum Gasteiger partial charge on any atom is -0.125 e. The highest BCUT2D eigenvalue weighted by Crippen LogP contribution is 2.17. The van der Waals surface area contributed by atoms with Gasteiger partial charge in [-0.2, -0.15) is 0 Å². The first-order valence-corrected chi connectivity index (χ1v) is 4.89. The largest absolute Gasteiger partial charge is 0.125 e. The van der Waals surface area contributed by atoms with Crippen molar-refractivity contribution in [2.75, 3.05) is 5.88 Å². The summed E-state index contributed by atoms with van der Waals surface area (Å²) < 4.78 is 0. The maximum Gasteiger partial charge on any atom is 0.0497 e. The molecule has 2 unspecified atom stereocenters. The molecule has 0 radical (unpaired) electrons. The lowest BCUT2D eigenvalue weighted by Gasteiger charge is -2.14. The van der Waals surface area contributed by atoms with Crippen LogP contribution in [0.4, 0.5) is 0 Å². The minimum atomic E-state index is 0.160. The monoisotopic (exact) mass is 182 g/mol.